The van der Waals surface area contributed by atoms with Gasteiger partial charge in [-0.05, 0) is 36.2 Å². The van der Waals surface area contributed by atoms with Gasteiger partial charge < -0.3 is 5.32 Å². The van der Waals surface area contributed by atoms with Crippen LogP contribution in [0.3, 0.4) is 0 Å². The molecule has 0 saturated carbocycles. The van der Waals surface area contributed by atoms with E-state index in [1.807, 2.05) is 0 Å². The molecule has 1 aromatic heterocycles. The molecule has 94 valence electrons. The average molecular weight is 302 g/mol. The molecule has 18 heavy (non-hydrogen) atoms. The van der Waals surface area contributed by atoms with Gasteiger partial charge in [0.1, 0.15) is 4.88 Å². The molecular weight excluding hydrogens is 293 g/mol. The number of nitrogens with one attached hydrogen (secondary N) is 1. The first-order valence-corrected chi connectivity index (χ1v) is 6.62. The van der Waals surface area contributed by atoms with Crippen LogP contribution in [0.1, 0.15) is 20.9 Å². The molecule has 1 amide bonds. The van der Waals surface area contributed by atoms with E-state index < -0.39 is 0 Å². The van der Waals surface area contributed by atoms with Crippen LogP contribution in [0.4, 0.5) is 0 Å². The third kappa shape index (κ3) is 2.98. The topological polar surface area (TPSA) is 54.9 Å². The number of aryl methyl sites for hydroxylation is 1. The Balaban J connectivity index is 2.04. The molecule has 0 radical (unpaired) electrons. The Morgan fingerprint density at radius 3 is 2.83 bits per heavy atom. The molecule has 2 rings (SSSR count). The van der Waals surface area contributed by atoms with Crippen molar-refractivity contribution in [1.29, 1.82) is 0 Å². The molecule has 0 aliphatic heterocycles. The van der Waals surface area contributed by atoms with Crippen LogP contribution in [0.5, 0.6) is 0 Å². The number of halogens is 2. The number of hydrogen-bond donors (Lipinski definition) is 1. The van der Waals surface area contributed by atoms with E-state index in [9.17, 15) is 4.79 Å². The summed E-state index contributed by atoms with van der Waals surface area (Å²) in [4.78, 5) is 12.3. The summed E-state index contributed by atoms with van der Waals surface area (Å²) in [5.41, 5.74) is 1.43. The number of benzene rings is 1. The van der Waals surface area contributed by atoms with Crippen LogP contribution >= 0.6 is 34.7 Å². The minimum Gasteiger partial charge on any atom is -0.347 e. The lowest BCUT2D eigenvalue weighted by atomic mass is 10.2. The number of hydrogen-bond acceptors (Lipinski definition) is 4. The van der Waals surface area contributed by atoms with E-state index in [0.717, 1.165) is 17.1 Å². The van der Waals surface area contributed by atoms with Gasteiger partial charge in [0, 0.05) is 16.6 Å². The van der Waals surface area contributed by atoms with Gasteiger partial charge in [0.05, 0.1) is 5.69 Å². The summed E-state index contributed by atoms with van der Waals surface area (Å²) in [5.74, 6) is -0.200. The predicted octanol–water partition coefficient (Wildman–Crippen LogP) is 3.08. The van der Waals surface area contributed by atoms with E-state index in [1.165, 1.54) is 0 Å². The molecule has 0 saturated heterocycles. The van der Waals surface area contributed by atoms with Crippen LogP contribution in [0.25, 0.3) is 0 Å². The summed E-state index contributed by atoms with van der Waals surface area (Å²) in [6.07, 6.45) is 0. The van der Waals surface area contributed by atoms with Crippen LogP contribution in [-0.2, 0) is 6.54 Å². The van der Waals surface area contributed by atoms with E-state index in [1.54, 1.807) is 25.1 Å². The second-order valence-electron chi connectivity index (χ2n) is 3.61. The van der Waals surface area contributed by atoms with Crippen molar-refractivity contribution in [3.63, 3.8) is 0 Å². The zero-order chi connectivity index (χ0) is 13.1. The van der Waals surface area contributed by atoms with Crippen molar-refractivity contribution in [2.45, 2.75) is 13.5 Å². The summed E-state index contributed by atoms with van der Waals surface area (Å²) in [5, 5.41) is 7.65. The van der Waals surface area contributed by atoms with E-state index in [-0.39, 0.29) is 5.91 Å². The molecule has 0 aliphatic carbocycles. The van der Waals surface area contributed by atoms with E-state index >= 15 is 0 Å². The lowest BCUT2D eigenvalue weighted by Gasteiger charge is -2.06. The van der Waals surface area contributed by atoms with Crippen molar-refractivity contribution < 1.29 is 4.79 Å². The fraction of sp³-hybridized carbons (Fsp3) is 0.182. The number of nitrogens with zero attached hydrogens (tertiary/aromatic N) is 2. The lowest BCUT2D eigenvalue weighted by Crippen LogP contribution is -2.22. The SMILES string of the molecule is Cc1nnsc1C(=O)NCc1ccc(Cl)cc1Cl. The largest absolute Gasteiger partial charge is 0.347 e. The maximum Gasteiger partial charge on any atom is 0.265 e. The molecule has 2 aromatic rings. The van der Waals surface area contributed by atoms with Crippen LogP contribution in [0.15, 0.2) is 18.2 Å². The maximum atomic E-state index is 11.8. The molecule has 7 heteroatoms. The Hall–Kier alpha value is -1.17. The summed E-state index contributed by atoms with van der Waals surface area (Å²) in [6, 6.07) is 5.15. The third-order valence-electron chi connectivity index (χ3n) is 2.31. The minimum absolute atomic E-state index is 0.200. The quantitative estimate of drug-likeness (QED) is 0.948. The monoisotopic (exact) mass is 301 g/mol. The van der Waals surface area contributed by atoms with Gasteiger partial charge in [0.15, 0.2) is 0 Å². The minimum atomic E-state index is -0.200. The van der Waals surface area contributed by atoms with Crippen LogP contribution in [-0.4, -0.2) is 15.5 Å². The van der Waals surface area contributed by atoms with E-state index in [2.05, 4.69) is 14.9 Å². The Kier molecular flexibility index (Phi) is 4.16. The summed E-state index contributed by atoms with van der Waals surface area (Å²) in [6.45, 7) is 2.08. The fourth-order valence-electron chi connectivity index (χ4n) is 1.36. The molecule has 0 aliphatic rings. The summed E-state index contributed by atoms with van der Waals surface area (Å²) >= 11 is 12.9. The zero-order valence-electron chi connectivity index (χ0n) is 9.41. The number of aromatic nitrogens is 2. The first-order chi connectivity index (χ1) is 8.58. The number of carbonyl (C=O) groups is 1. The van der Waals surface area contributed by atoms with Crippen LogP contribution < -0.4 is 5.32 Å². The van der Waals surface area contributed by atoms with Crippen molar-refractivity contribution in [3.8, 4) is 0 Å². The average Bonchev–Trinajstić information content (AvgIpc) is 2.74. The smallest absolute Gasteiger partial charge is 0.265 e. The first-order valence-electron chi connectivity index (χ1n) is 5.09. The molecule has 0 bridgehead atoms. The van der Waals surface area contributed by atoms with Gasteiger partial charge in [-0.2, -0.15) is 0 Å². The summed E-state index contributed by atoms with van der Waals surface area (Å²) < 4.78 is 3.71. The molecule has 0 fully saturated rings. The molecule has 1 N–H and O–H groups in total. The highest BCUT2D eigenvalue weighted by molar-refractivity contribution is 7.07. The Morgan fingerprint density at radius 1 is 1.44 bits per heavy atom. The number of rotatable bonds is 3. The second kappa shape index (κ2) is 5.65. The van der Waals surface area contributed by atoms with Crippen molar-refractivity contribution in [2.24, 2.45) is 0 Å². The molecule has 1 aromatic carbocycles. The van der Waals surface area contributed by atoms with E-state index in [0.29, 0.717) is 27.2 Å². The molecule has 0 unspecified atom stereocenters. The molecular formula is C11H9Cl2N3OS. The number of carbonyl (C=O) groups excluding carboxylic acids is 1. The highest BCUT2D eigenvalue weighted by atomic mass is 35.5. The predicted molar refractivity (Wildman–Crippen MR) is 72.3 cm³/mol. The summed E-state index contributed by atoms with van der Waals surface area (Å²) in [7, 11) is 0. The maximum absolute atomic E-state index is 11.8. The molecule has 4 nitrogen and oxygen atoms in total. The zero-order valence-corrected chi connectivity index (χ0v) is 11.7. The van der Waals surface area contributed by atoms with Gasteiger partial charge in [0.2, 0.25) is 0 Å². The fourth-order valence-corrected chi connectivity index (χ4v) is 2.41. The van der Waals surface area contributed by atoms with Crippen LogP contribution in [0, 0.1) is 6.92 Å². The Bertz CT molecular complexity index is 585. The number of amides is 1. The Morgan fingerprint density at radius 2 is 2.22 bits per heavy atom. The highest BCUT2D eigenvalue weighted by Crippen LogP contribution is 2.21. The van der Waals surface area contributed by atoms with Gasteiger partial charge in [-0.15, -0.1) is 5.10 Å². The van der Waals surface area contributed by atoms with Crippen molar-refractivity contribution in [2.75, 3.05) is 0 Å². The van der Waals surface area contributed by atoms with Gasteiger partial charge in [-0.1, -0.05) is 33.8 Å². The van der Waals surface area contributed by atoms with Gasteiger partial charge >= 0.3 is 0 Å². The van der Waals surface area contributed by atoms with Crippen molar-refractivity contribution in [3.05, 3.63) is 44.4 Å². The highest BCUT2D eigenvalue weighted by Gasteiger charge is 2.13. The Labute approximate surface area is 118 Å². The second-order valence-corrected chi connectivity index (χ2v) is 5.20. The normalized spacial score (nSPS) is 10.4. The third-order valence-corrected chi connectivity index (χ3v) is 3.73. The van der Waals surface area contributed by atoms with Crippen molar-refractivity contribution in [1.82, 2.24) is 14.9 Å². The van der Waals surface area contributed by atoms with Gasteiger partial charge in [-0.3, -0.25) is 4.79 Å². The standard InChI is InChI=1S/C11H9Cl2N3OS/c1-6-10(18-16-15-6)11(17)14-5-7-2-3-8(12)4-9(7)13/h2-4H,5H2,1H3,(H,14,17). The van der Waals surface area contributed by atoms with Gasteiger partial charge in [-0.25, -0.2) is 0 Å². The van der Waals surface area contributed by atoms with Gasteiger partial charge in [0.25, 0.3) is 5.91 Å². The van der Waals surface area contributed by atoms with Crippen LogP contribution in [0.2, 0.25) is 10.0 Å². The van der Waals surface area contributed by atoms with E-state index in [4.69, 9.17) is 23.2 Å². The molecule has 1 heterocycles. The van der Waals surface area contributed by atoms with Crippen molar-refractivity contribution >= 4 is 40.6 Å². The molecule has 0 spiro atoms. The lowest BCUT2D eigenvalue weighted by molar-refractivity contribution is 0.0954. The molecule has 0 atom stereocenters. The first kappa shape index (κ1) is 13.3.